The van der Waals surface area contributed by atoms with Gasteiger partial charge in [-0.3, -0.25) is 4.99 Å². The minimum Gasteiger partial charge on any atom is -0.356 e. The molecule has 0 spiro atoms. The van der Waals surface area contributed by atoms with Crippen molar-refractivity contribution >= 4 is 15.8 Å². The van der Waals surface area contributed by atoms with Gasteiger partial charge in [-0.2, -0.15) is 0 Å². The Morgan fingerprint density at radius 1 is 1.35 bits per heavy atom. The normalized spacial score (nSPS) is 22.2. The molecule has 1 aliphatic heterocycles. The molecule has 0 aromatic rings. The molecule has 6 nitrogen and oxygen atoms in total. The summed E-state index contributed by atoms with van der Waals surface area (Å²) in [6.45, 7) is 9.72. The van der Waals surface area contributed by atoms with Gasteiger partial charge in [-0.15, -0.1) is 0 Å². The van der Waals surface area contributed by atoms with Gasteiger partial charge in [0.25, 0.3) is 0 Å². The summed E-state index contributed by atoms with van der Waals surface area (Å²) in [6, 6.07) is 0.681. The van der Waals surface area contributed by atoms with Gasteiger partial charge in [0.15, 0.2) is 5.96 Å². The van der Waals surface area contributed by atoms with Crippen LogP contribution in [0.1, 0.15) is 40.0 Å². The lowest BCUT2D eigenvalue weighted by Crippen LogP contribution is -2.47. The molecule has 0 bridgehead atoms. The average molecular weight is 347 g/mol. The van der Waals surface area contributed by atoms with Crippen molar-refractivity contribution in [2.24, 2.45) is 10.9 Å². The van der Waals surface area contributed by atoms with Crippen molar-refractivity contribution in [2.45, 2.75) is 52.1 Å². The number of nitrogens with zero attached hydrogens (tertiary/aromatic N) is 2. The molecule has 136 valence electrons. The summed E-state index contributed by atoms with van der Waals surface area (Å²) in [5.74, 6) is 1.59. The highest BCUT2D eigenvalue weighted by atomic mass is 32.2. The van der Waals surface area contributed by atoms with Gasteiger partial charge < -0.3 is 15.5 Å². The molecule has 1 heterocycles. The van der Waals surface area contributed by atoms with Gasteiger partial charge in [0.2, 0.25) is 0 Å². The fourth-order valence-corrected chi connectivity index (χ4v) is 3.65. The molecular weight excluding hydrogens is 312 g/mol. The standard InChI is InChI=1S/C16H34N4O2S/c1-13(2)20-9-6-7-15(12-20)11-18-16(17-4)19-14(3)8-10-23(5,21)22/h13-15H,6-12H2,1-5H3,(H2,17,18,19). The molecule has 0 amide bonds. The molecular formula is C16H34N4O2S. The molecule has 1 saturated heterocycles. The number of rotatable bonds is 7. The lowest BCUT2D eigenvalue weighted by molar-refractivity contribution is 0.141. The van der Waals surface area contributed by atoms with Crippen molar-refractivity contribution < 1.29 is 8.42 Å². The third-order valence-electron chi connectivity index (χ3n) is 4.37. The number of sulfone groups is 1. The molecule has 23 heavy (non-hydrogen) atoms. The second-order valence-corrected chi connectivity index (χ2v) is 9.27. The lowest BCUT2D eigenvalue weighted by atomic mass is 9.97. The number of nitrogens with one attached hydrogen (secondary N) is 2. The first-order chi connectivity index (χ1) is 10.7. The smallest absolute Gasteiger partial charge is 0.191 e. The highest BCUT2D eigenvalue weighted by molar-refractivity contribution is 7.90. The van der Waals surface area contributed by atoms with Crippen molar-refractivity contribution in [1.29, 1.82) is 0 Å². The molecule has 0 radical (unpaired) electrons. The number of hydrogen-bond acceptors (Lipinski definition) is 4. The quantitative estimate of drug-likeness (QED) is 0.533. The van der Waals surface area contributed by atoms with Gasteiger partial charge >= 0.3 is 0 Å². The van der Waals surface area contributed by atoms with Crippen LogP contribution in [0.4, 0.5) is 0 Å². The molecule has 0 saturated carbocycles. The first-order valence-electron chi connectivity index (χ1n) is 8.60. The maximum absolute atomic E-state index is 11.2. The number of likely N-dealkylation sites (tertiary alicyclic amines) is 1. The van der Waals surface area contributed by atoms with E-state index in [9.17, 15) is 8.42 Å². The zero-order valence-corrected chi connectivity index (χ0v) is 16.1. The second kappa shape index (κ2) is 9.47. The Labute approximate surface area is 142 Å². The minimum absolute atomic E-state index is 0.0782. The third-order valence-corrected chi connectivity index (χ3v) is 5.34. The summed E-state index contributed by atoms with van der Waals surface area (Å²) >= 11 is 0. The summed E-state index contributed by atoms with van der Waals surface area (Å²) in [4.78, 5) is 6.77. The average Bonchev–Trinajstić information content (AvgIpc) is 2.49. The topological polar surface area (TPSA) is 73.8 Å². The number of hydrogen-bond donors (Lipinski definition) is 2. The fraction of sp³-hybridized carbons (Fsp3) is 0.938. The van der Waals surface area contributed by atoms with Crippen LogP contribution in [0.25, 0.3) is 0 Å². The molecule has 7 heteroatoms. The van der Waals surface area contributed by atoms with E-state index < -0.39 is 9.84 Å². The third kappa shape index (κ3) is 8.55. The van der Waals surface area contributed by atoms with Crippen LogP contribution in [0.15, 0.2) is 4.99 Å². The summed E-state index contributed by atoms with van der Waals surface area (Å²) in [6.07, 6.45) is 4.36. The number of piperidine rings is 1. The molecule has 1 fully saturated rings. The lowest BCUT2D eigenvalue weighted by Gasteiger charge is -2.35. The summed E-state index contributed by atoms with van der Waals surface area (Å²) in [5, 5.41) is 6.66. The van der Waals surface area contributed by atoms with Crippen LogP contribution in [-0.2, 0) is 9.84 Å². The number of aliphatic imine (C=N–C) groups is 1. The molecule has 1 aliphatic rings. The van der Waals surface area contributed by atoms with Crippen LogP contribution in [0.2, 0.25) is 0 Å². The molecule has 2 N–H and O–H groups in total. The van der Waals surface area contributed by atoms with E-state index in [0.29, 0.717) is 18.4 Å². The van der Waals surface area contributed by atoms with Crippen LogP contribution in [0.5, 0.6) is 0 Å². The van der Waals surface area contributed by atoms with Crippen molar-refractivity contribution in [2.75, 3.05) is 38.7 Å². The molecule has 0 aromatic carbocycles. The van der Waals surface area contributed by atoms with Crippen molar-refractivity contribution in [3.05, 3.63) is 0 Å². The van der Waals surface area contributed by atoms with Gasteiger partial charge in [0.05, 0.1) is 5.75 Å². The van der Waals surface area contributed by atoms with Gasteiger partial charge in [0.1, 0.15) is 9.84 Å². The van der Waals surface area contributed by atoms with Crippen molar-refractivity contribution in [3.63, 3.8) is 0 Å². The Hall–Kier alpha value is -0.820. The highest BCUT2D eigenvalue weighted by Crippen LogP contribution is 2.17. The van der Waals surface area contributed by atoms with Crippen LogP contribution >= 0.6 is 0 Å². The maximum atomic E-state index is 11.2. The zero-order chi connectivity index (χ0) is 17.5. The minimum atomic E-state index is -2.91. The van der Waals surface area contributed by atoms with E-state index in [-0.39, 0.29) is 11.8 Å². The van der Waals surface area contributed by atoms with Gasteiger partial charge in [0, 0.05) is 38.5 Å². The van der Waals surface area contributed by atoms with Crippen LogP contribution in [-0.4, -0.2) is 70.1 Å². The Kier molecular flexibility index (Phi) is 8.33. The summed E-state index contributed by atoms with van der Waals surface area (Å²) in [5.41, 5.74) is 0. The summed E-state index contributed by atoms with van der Waals surface area (Å²) < 4.78 is 22.5. The SMILES string of the molecule is CN=C(NCC1CCCN(C(C)C)C1)NC(C)CCS(C)(=O)=O. The Balaban J connectivity index is 2.36. The second-order valence-electron chi connectivity index (χ2n) is 7.01. The monoisotopic (exact) mass is 346 g/mol. The highest BCUT2D eigenvalue weighted by Gasteiger charge is 2.21. The van der Waals surface area contributed by atoms with E-state index in [1.54, 1.807) is 7.05 Å². The summed E-state index contributed by atoms with van der Waals surface area (Å²) in [7, 11) is -1.16. The van der Waals surface area contributed by atoms with E-state index in [0.717, 1.165) is 19.0 Å². The van der Waals surface area contributed by atoms with Gasteiger partial charge in [-0.1, -0.05) is 0 Å². The molecule has 0 aromatic heterocycles. The van der Waals surface area contributed by atoms with E-state index >= 15 is 0 Å². The zero-order valence-electron chi connectivity index (χ0n) is 15.3. The fourth-order valence-electron chi connectivity index (χ4n) is 2.86. The molecule has 1 rings (SSSR count). The van der Waals surface area contributed by atoms with E-state index in [4.69, 9.17) is 0 Å². The first-order valence-corrected chi connectivity index (χ1v) is 10.7. The molecule has 2 atom stereocenters. The van der Waals surface area contributed by atoms with E-state index in [1.807, 2.05) is 6.92 Å². The largest absolute Gasteiger partial charge is 0.356 e. The van der Waals surface area contributed by atoms with Crippen molar-refractivity contribution in [1.82, 2.24) is 15.5 Å². The van der Waals surface area contributed by atoms with E-state index in [2.05, 4.69) is 34.4 Å². The predicted molar refractivity (Wildman–Crippen MR) is 97.7 cm³/mol. The van der Waals surface area contributed by atoms with Crippen LogP contribution < -0.4 is 10.6 Å². The first kappa shape index (κ1) is 20.2. The maximum Gasteiger partial charge on any atom is 0.191 e. The Bertz CT molecular complexity index is 476. The van der Waals surface area contributed by atoms with Gasteiger partial charge in [-0.05, 0) is 52.5 Å². The Morgan fingerprint density at radius 3 is 2.61 bits per heavy atom. The molecule has 2 unspecified atom stereocenters. The van der Waals surface area contributed by atoms with Gasteiger partial charge in [-0.25, -0.2) is 8.42 Å². The van der Waals surface area contributed by atoms with Crippen LogP contribution in [0.3, 0.4) is 0 Å². The number of guanidine groups is 1. The molecule has 0 aliphatic carbocycles. The van der Waals surface area contributed by atoms with E-state index in [1.165, 1.54) is 25.6 Å². The van der Waals surface area contributed by atoms with Crippen molar-refractivity contribution in [3.8, 4) is 0 Å². The Morgan fingerprint density at radius 2 is 2.04 bits per heavy atom. The van der Waals surface area contributed by atoms with Crippen LogP contribution in [0, 0.1) is 5.92 Å². The predicted octanol–water partition coefficient (Wildman–Crippen LogP) is 1.10.